The molecule has 9 heteroatoms. The van der Waals surface area contributed by atoms with E-state index in [0.717, 1.165) is 4.57 Å². The number of aliphatic hydroxyl groups excluding tert-OH is 1. The molecule has 0 spiro atoms. The molecule has 1 aliphatic rings. The van der Waals surface area contributed by atoms with Crippen LogP contribution in [-0.4, -0.2) is 57.4 Å². The number of aliphatic hydroxyl groups is 1. The molecule has 0 saturated carbocycles. The number of rotatable bonds is 3. The molecule has 0 radical (unpaired) electrons. The molecule has 7 nitrogen and oxygen atoms in total. The lowest BCUT2D eigenvalue weighted by molar-refractivity contribution is -0.0858. The van der Waals surface area contributed by atoms with Gasteiger partial charge in [-0.05, 0) is 49.5 Å². The minimum atomic E-state index is -0.565. The fourth-order valence-electron chi connectivity index (χ4n) is 3.70. The van der Waals surface area contributed by atoms with Crippen LogP contribution in [-0.2, 0) is 4.74 Å². The lowest BCUT2D eigenvalue weighted by Gasteiger charge is -2.36. The molecule has 2 N–H and O–H groups in total. The Bertz CT molecular complexity index is 1240. The summed E-state index contributed by atoms with van der Waals surface area (Å²) in [6.07, 6.45) is -0.629. The first kappa shape index (κ1) is 20.4. The van der Waals surface area contributed by atoms with Crippen molar-refractivity contribution in [3.05, 3.63) is 69.0 Å². The average Bonchev–Trinajstić information content (AvgIpc) is 2.73. The van der Waals surface area contributed by atoms with Crippen molar-refractivity contribution in [2.45, 2.75) is 19.1 Å². The molecule has 2 atom stereocenters. The van der Waals surface area contributed by atoms with E-state index in [0.29, 0.717) is 17.6 Å². The van der Waals surface area contributed by atoms with Crippen LogP contribution >= 0.6 is 12.2 Å². The Labute approximate surface area is 176 Å². The molecule has 0 aliphatic carbocycles. The van der Waals surface area contributed by atoms with Crippen molar-refractivity contribution in [2.75, 3.05) is 19.7 Å². The van der Waals surface area contributed by atoms with Gasteiger partial charge in [0.25, 0.3) is 11.5 Å². The molecular weight excluding hydrogens is 409 g/mol. The van der Waals surface area contributed by atoms with Crippen LogP contribution in [0.2, 0.25) is 0 Å². The SMILES string of the molecule is CC1CN(C(=O)c2ccc3c(=O)n(-c4ccccc4F)c(=S)[nH]c3c2)CC(CO)O1. The van der Waals surface area contributed by atoms with Gasteiger partial charge in [-0.3, -0.25) is 9.59 Å². The fourth-order valence-corrected chi connectivity index (χ4v) is 3.99. The van der Waals surface area contributed by atoms with Crippen LogP contribution in [0.1, 0.15) is 17.3 Å². The highest BCUT2D eigenvalue weighted by Crippen LogP contribution is 2.18. The van der Waals surface area contributed by atoms with Gasteiger partial charge in [0, 0.05) is 18.7 Å². The van der Waals surface area contributed by atoms with Crippen LogP contribution in [0.3, 0.4) is 0 Å². The quantitative estimate of drug-likeness (QED) is 0.625. The van der Waals surface area contributed by atoms with Gasteiger partial charge in [-0.1, -0.05) is 12.1 Å². The predicted molar refractivity (Wildman–Crippen MR) is 112 cm³/mol. The third-order valence-electron chi connectivity index (χ3n) is 5.06. The maximum absolute atomic E-state index is 14.2. The molecule has 1 aliphatic heterocycles. The summed E-state index contributed by atoms with van der Waals surface area (Å²) in [6.45, 7) is 2.35. The fraction of sp³-hybridized carbons (Fsp3) is 0.286. The minimum Gasteiger partial charge on any atom is -0.394 e. The lowest BCUT2D eigenvalue weighted by Crippen LogP contribution is -2.50. The summed E-state index contributed by atoms with van der Waals surface area (Å²) in [4.78, 5) is 30.5. The predicted octanol–water partition coefficient (Wildman–Crippen LogP) is 2.41. The van der Waals surface area contributed by atoms with Gasteiger partial charge in [-0.15, -0.1) is 0 Å². The number of carbonyl (C=O) groups is 1. The van der Waals surface area contributed by atoms with E-state index in [1.807, 2.05) is 6.92 Å². The first-order valence-corrected chi connectivity index (χ1v) is 9.89. The van der Waals surface area contributed by atoms with Gasteiger partial charge >= 0.3 is 0 Å². The van der Waals surface area contributed by atoms with E-state index in [4.69, 9.17) is 17.0 Å². The summed E-state index contributed by atoms with van der Waals surface area (Å²) >= 11 is 5.29. The summed E-state index contributed by atoms with van der Waals surface area (Å²) in [5, 5.41) is 9.66. The molecule has 2 aromatic carbocycles. The van der Waals surface area contributed by atoms with Crippen molar-refractivity contribution in [2.24, 2.45) is 0 Å². The number of H-pyrrole nitrogens is 1. The third-order valence-corrected chi connectivity index (χ3v) is 5.34. The van der Waals surface area contributed by atoms with Crippen LogP contribution in [0.4, 0.5) is 4.39 Å². The smallest absolute Gasteiger partial charge is 0.266 e. The zero-order chi connectivity index (χ0) is 21.4. The van der Waals surface area contributed by atoms with E-state index < -0.39 is 17.5 Å². The van der Waals surface area contributed by atoms with Gasteiger partial charge in [-0.25, -0.2) is 8.96 Å². The number of amides is 1. The molecule has 3 aromatic rings. The Kier molecular flexibility index (Phi) is 5.50. The number of nitrogens with one attached hydrogen (secondary N) is 1. The molecule has 2 heterocycles. The number of ether oxygens (including phenoxy) is 1. The number of para-hydroxylation sites is 1. The molecule has 1 saturated heterocycles. The van der Waals surface area contributed by atoms with Crippen molar-refractivity contribution in [3.63, 3.8) is 0 Å². The van der Waals surface area contributed by atoms with Gasteiger partial charge in [0.2, 0.25) is 0 Å². The Hall–Kier alpha value is -2.88. The van der Waals surface area contributed by atoms with E-state index in [-0.39, 0.29) is 41.0 Å². The second-order valence-corrected chi connectivity index (χ2v) is 7.63. The topological polar surface area (TPSA) is 87.6 Å². The standard InChI is InChI=1S/C21H20FN3O4S/c1-12-9-24(10-14(11-26)29-12)19(27)13-6-7-15-17(8-13)23-21(30)25(20(15)28)18-5-3-2-4-16(18)22/h2-8,12,14,26H,9-11H2,1H3,(H,23,30). The molecule has 30 heavy (non-hydrogen) atoms. The summed E-state index contributed by atoms with van der Waals surface area (Å²) in [5.74, 6) is -0.798. The number of hydrogen-bond donors (Lipinski definition) is 2. The summed E-state index contributed by atoms with van der Waals surface area (Å²) in [6, 6.07) is 10.5. The van der Waals surface area contributed by atoms with Crippen molar-refractivity contribution in [1.29, 1.82) is 0 Å². The number of aromatic nitrogens is 2. The Balaban J connectivity index is 1.75. The summed E-state index contributed by atoms with van der Waals surface area (Å²) < 4.78 is 20.9. The number of fused-ring (bicyclic) bond motifs is 1. The number of aromatic amines is 1. The van der Waals surface area contributed by atoms with Crippen molar-refractivity contribution in [3.8, 4) is 5.69 Å². The molecule has 1 aromatic heterocycles. The van der Waals surface area contributed by atoms with Crippen LogP contribution in [0, 0.1) is 10.6 Å². The first-order valence-electron chi connectivity index (χ1n) is 9.48. The van der Waals surface area contributed by atoms with Crippen molar-refractivity contribution >= 4 is 29.0 Å². The Morgan fingerprint density at radius 2 is 2.07 bits per heavy atom. The van der Waals surface area contributed by atoms with Crippen LogP contribution in [0.5, 0.6) is 0 Å². The van der Waals surface area contributed by atoms with Crippen molar-refractivity contribution < 1.29 is 19.0 Å². The third kappa shape index (κ3) is 3.67. The Morgan fingerprint density at radius 3 is 2.80 bits per heavy atom. The molecule has 1 fully saturated rings. The van der Waals surface area contributed by atoms with E-state index >= 15 is 0 Å². The zero-order valence-corrected chi connectivity index (χ0v) is 17.0. The van der Waals surface area contributed by atoms with Crippen LogP contribution in [0.15, 0.2) is 47.3 Å². The highest BCUT2D eigenvalue weighted by molar-refractivity contribution is 7.71. The number of carbonyl (C=O) groups excluding carboxylic acids is 1. The number of nitrogens with zero attached hydrogens (tertiary/aromatic N) is 2. The van der Waals surface area contributed by atoms with E-state index in [1.165, 1.54) is 24.3 Å². The first-order chi connectivity index (χ1) is 14.4. The second kappa shape index (κ2) is 8.10. The van der Waals surface area contributed by atoms with E-state index in [1.54, 1.807) is 23.1 Å². The molecule has 2 unspecified atom stereocenters. The van der Waals surface area contributed by atoms with Crippen LogP contribution < -0.4 is 5.56 Å². The van der Waals surface area contributed by atoms with Gasteiger partial charge in [0.05, 0.1) is 35.4 Å². The van der Waals surface area contributed by atoms with E-state index in [2.05, 4.69) is 4.98 Å². The van der Waals surface area contributed by atoms with E-state index in [9.17, 15) is 19.1 Å². The van der Waals surface area contributed by atoms with Crippen molar-refractivity contribution in [1.82, 2.24) is 14.5 Å². The molecule has 1 amide bonds. The molecule has 0 bridgehead atoms. The average molecular weight is 429 g/mol. The molecule has 4 rings (SSSR count). The summed E-state index contributed by atoms with van der Waals surface area (Å²) in [7, 11) is 0. The number of benzene rings is 2. The molecular formula is C21H20FN3O4S. The van der Waals surface area contributed by atoms with Gasteiger partial charge < -0.3 is 19.7 Å². The lowest BCUT2D eigenvalue weighted by atomic mass is 10.1. The minimum absolute atomic E-state index is 0.0301. The number of halogens is 1. The largest absolute Gasteiger partial charge is 0.394 e. The van der Waals surface area contributed by atoms with Crippen LogP contribution in [0.25, 0.3) is 16.6 Å². The van der Waals surface area contributed by atoms with Gasteiger partial charge in [0.1, 0.15) is 5.82 Å². The van der Waals surface area contributed by atoms with Gasteiger partial charge in [-0.2, -0.15) is 0 Å². The van der Waals surface area contributed by atoms with Gasteiger partial charge in [0.15, 0.2) is 4.77 Å². The maximum Gasteiger partial charge on any atom is 0.266 e. The molecule has 156 valence electrons. The summed E-state index contributed by atoms with van der Waals surface area (Å²) in [5.41, 5.74) is 0.353. The highest BCUT2D eigenvalue weighted by atomic mass is 32.1. The number of morpholine rings is 1. The monoisotopic (exact) mass is 429 g/mol. The highest BCUT2D eigenvalue weighted by Gasteiger charge is 2.28. The Morgan fingerprint density at radius 1 is 1.30 bits per heavy atom. The zero-order valence-electron chi connectivity index (χ0n) is 16.2. The second-order valence-electron chi connectivity index (χ2n) is 7.24. The normalized spacial score (nSPS) is 19.2. The maximum atomic E-state index is 14.2. The number of hydrogen-bond acceptors (Lipinski definition) is 5.